The molecule has 5 rings (SSSR count). The van der Waals surface area contributed by atoms with Gasteiger partial charge in [-0.15, -0.1) is 0 Å². The van der Waals surface area contributed by atoms with E-state index < -0.39 is 11.7 Å². The Morgan fingerprint density at radius 2 is 1.66 bits per heavy atom. The summed E-state index contributed by atoms with van der Waals surface area (Å²) in [6.07, 6.45) is 4.43. The number of aromatic amines is 2. The molecule has 4 aromatic rings. The van der Waals surface area contributed by atoms with Crippen molar-refractivity contribution in [2.75, 3.05) is 26.2 Å². The predicted octanol–water partition coefficient (Wildman–Crippen LogP) is 1.52. The lowest BCUT2D eigenvalue weighted by atomic mass is 10.1. The molecule has 10 heteroatoms. The third-order valence-electron chi connectivity index (χ3n) is 5.53. The minimum Gasteiger partial charge on any atom is -0.357 e. The lowest BCUT2D eigenvalue weighted by Gasteiger charge is -2.34. The minimum absolute atomic E-state index is 0.0799. The van der Waals surface area contributed by atoms with E-state index in [-0.39, 0.29) is 11.5 Å². The predicted molar refractivity (Wildman–Crippen MR) is 115 cm³/mol. The third kappa shape index (κ3) is 3.41. The number of hydrogen-bond donors (Lipinski definition) is 2. The molecule has 1 aliphatic heterocycles. The highest BCUT2D eigenvalue weighted by Crippen LogP contribution is 2.25. The monoisotopic (exact) mass is 429 g/mol. The van der Waals surface area contributed by atoms with Crippen LogP contribution in [0, 0.1) is 0 Å². The second kappa shape index (κ2) is 8.06. The Bertz CT molecular complexity index is 1290. The highest BCUT2D eigenvalue weighted by Gasteiger charge is 2.30. The van der Waals surface area contributed by atoms with Crippen molar-refractivity contribution < 1.29 is 14.4 Å². The van der Waals surface area contributed by atoms with E-state index in [0.29, 0.717) is 54.2 Å². The molecule has 2 amide bonds. The van der Waals surface area contributed by atoms with Crippen molar-refractivity contribution in [3.8, 4) is 11.4 Å². The first-order chi connectivity index (χ1) is 15.6. The minimum atomic E-state index is -0.645. The van der Waals surface area contributed by atoms with Crippen LogP contribution >= 0.6 is 0 Å². The van der Waals surface area contributed by atoms with Gasteiger partial charge in [-0.2, -0.15) is 5.10 Å². The van der Waals surface area contributed by atoms with Crippen LogP contribution in [-0.4, -0.2) is 78.7 Å². The summed E-state index contributed by atoms with van der Waals surface area (Å²) in [5, 5.41) is 6.75. The number of Topliss-reactive ketones (excluding diaryl/α,β-unsaturated/α-hetero) is 1. The fourth-order valence-corrected chi connectivity index (χ4v) is 3.84. The molecule has 0 atom stereocenters. The van der Waals surface area contributed by atoms with Gasteiger partial charge in [0, 0.05) is 44.1 Å². The Labute approximate surface area is 182 Å². The van der Waals surface area contributed by atoms with Crippen LogP contribution in [-0.2, 0) is 4.79 Å². The highest BCUT2D eigenvalue weighted by molar-refractivity contribution is 6.44. The number of H-pyrrole nitrogens is 2. The van der Waals surface area contributed by atoms with Crippen molar-refractivity contribution in [1.82, 2.24) is 34.9 Å². The zero-order valence-corrected chi connectivity index (χ0v) is 17.0. The number of aromatic nitrogens is 5. The zero-order valence-electron chi connectivity index (χ0n) is 17.0. The van der Waals surface area contributed by atoms with Gasteiger partial charge in [0.1, 0.15) is 17.5 Å². The number of carbonyl (C=O) groups is 3. The van der Waals surface area contributed by atoms with E-state index in [2.05, 4.69) is 25.1 Å². The number of nitrogens with zero attached hydrogens (tertiary/aromatic N) is 5. The van der Waals surface area contributed by atoms with Gasteiger partial charge in [0.25, 0.3) is 17.6 Å². The Kier molecular flexibility index (Phi) is 4.94. The van der Waals surface area contributed by atoms with Gasteiger partial charge in [0.2, 0.25) is 0 Å². The molecule has 1 fully saturated rings. The van der Waals surface area contributed by atoms with Gasteiger partial charge in [0.05, 0.1) is 16.8 Å². The van der Waals surface area contributed by atoms with Gasteiger partial charge in [-0.25, -0.2) is 9.97 Å². The quantitative estimate of drug-likeness (QED) is 0.374. The average Bonchev–Trinajstić information content (AvgIpc) is 3.53. The van der Waals surface area contributed by atoms with Crippen LogP contribution in [0.1, 0.15) is 20.7 Å². The molecule has 0 unspecified atom stereocenters. The van der Waals surface area contributed by atoms with Crippen LogP contribution in [0.3, 0.4) is 0 Å². The molecule has 32 heavy (non-hydrogen) atoms. The average molecular weight is 429 g/mol. The smallest absolute Gasteiger partial charge is 0.295 e. The molecule has 160 valence electrons. The lowest BCUT2D eigenvalue weighted by molar-refractivity contribution is -0.127. The fraction of sp³-hybridized carbons (Fsp3) is 0.182. The number of fused-ring (bicyclic) bond motifs is 1. The molecular weight excluding hydrogens is 410 g/mol. The molecule has 0 radical (unpaired) electrons. The van der Waals surface area contributed by atoms with Crippen molar-refractivity contribution in [2.45, 2.75) is 0 Å². The molecule has 0 spiro atoms. The Hall–Kier alpha value is -4.34. The number of amides is 2. The van der Waals surface area contributed by atoms with E-state index in [4.69, 9.17) is 0 Å². The standard InChI is InChI=1S/C22H19N7O3/c30-20(15-12-23-19-17(15)24-13-25-18(19)16-6-7-26-27-16)22(32)29-10-8-28(9-11-29)21(31)14-4-2-1-3-5-14/h1-7,12-13,23H,8-11H2,(H,26,27). The summed E-state index contributed by atoms with van der Waals surface area (Å²) in [6.45, 7) is 1.32. The number of nitrogens with one attached hydrogen (secondary N) is 2. The summed E-state index contributed by atoms with van der Waals surface area (Å²) in [4.78, 5) is 53.1. The van der Waals surface area contributed by atoms with E-state index >= 15 is 0 Å². The molecule has 3 aromatic heterocycles. The van der Waals surface area contributed by atoms with Gasteiger partial charge < -0.3 is 14.8 Å². The number of benzene rings is 1. The summed E-state index contributed by atoms with van der Waals surface area (Å²) in [7, 11) is 0. The summed E-state index contributed by atoms with van der Waals surface area (Å²) in [5.74, 6) is -1.34. The SMILES string of the molecule is O=C(C(=O)N1CCN(C(=O)c2ccccc2)CC1)c1c[nH]c2c(-c3ccn[nH]3)ncnc12. The molecule has 4 heterocycles. The molecular formula is C22H19N7O3. The maximum absolute atomic E-state index is 13.0. The molecule has 10 nitrogen and oxygen atoms in total. The normalized spacial score (nSPS) is 14.0. The molecule has 2 N–H and O–H groups in total. The van der Waals surface area contributed by atoms with E-state index in [1.165, 1.54) is 17.4 Å². The zero-order chi connectivity index (χ0) is 22.1. The van der Waals surface area contributed by atoms with Crippen LogP contribution in [0.25, 0.3) is 22.4 Å². The van der Waals surface area contributed by atoms with Crippen LogP contribution in [0.15, 0.2) is 55.1 Å². The van der Waals surface area contributed by atoms with E-state index in [0.717, 1.165) is 0 Å². The van der Waals surface area contributed by atoms with Crippen molar-refractivity contribution in [2.24, 2.45) is 0 Å². The molecule has 1 saturated heterocycles. The number of carbonyl (C=O) groups excluding carboxylic acids is 3. The van der Waals surface area contributed by atoms with Crippen molar-refractivity contribution in [3.63, 3.8) is 0 Å². The second-order valence-corrected chi connectivity index (χ2v) is 7.40. The van der Waals surface area contributed by atoms with Crippen molar-refractivity contribution in [1.29, 1.82) is 0 Å². The van der Waals surface area contributed by atoms with E-state index in [1.54, 1.807) is 29.3 Å². The number of ketones is 1. The van der Waals surface area contributed by atoms with Gasteiger partial charge in [-0.3, -0.25) is 19.5 Å². The van der Waals surface area contributed by atoms with Crippen LogP contribution in [0.5, 0.6) is 0 Å². The molecule has 0 aliphatic carbocycles. The molecule has 0 saturated carbocycles. The summed E-state index contributed by atoms with van der Waals surface area (Å²) in [5.41, 5.74) is 2.95. The first-order valence-corrected chi connectivity index (χ1v) is 10.1. The Morgan fingerprint density at radius 3 is 2.38 bits per heavy atom. The Morgan fingerprint density at radius 1 is 0.906 bits per heavy atom. The van der Waals surface area contributed by atoms with Gasteiger partial charge in [-0.05, 0) is 18.2 Å². The molecule has 1 aliphatic rings. The van der Waals surface area contributed by atoms with Gasteiger partial charge in [-0.1, -0.05) is 18.2 Å². The van der Waals surface area contributed by atoms with E-state index in [9.17, 15) is 14.4 Å². The van der Waals surface area contributed by atoms with Crippen molar-refractivity contribution in [3.05, 3.63) is 66.2 Å². The molecule has 1 aromatic carbocycles. The van der Waals surface area contributed by atoms with Crippen molar-refractivity contribution >= 4 is 28.6 Å². The second-order valence-electron chi connectivity index (χ2n) is 7.40. The lowest BCUT2D eigenvalue weighted by Crippen LogP contribution is -2.52. The first-order valence-electron chi connectivity index (χ1n) is 10.1. The maximum Gasteiger partial charge on any atom is 0.295 e. The number of hydrogen-bond acceptors (Lipinski definition) is 6. The van der Waals surface area contributed by atoms with Crippen LogP contribution < -0.4 is 0 Å². The first kappa shape index (κ1) is 19.6. The summed E-state index contributed by atoms with van der Waals surface area (Å²) >= 11 is 0. The topological polar surface area (TPSA) is 128 Å². The largest absolute Gasteiger partial charge is 0.357 e. The van der Waals surface area contributed by atoms with Gasteiger partial charge >= 0.3 is 0 Å². The molecule has 0 bridgehead atoms. The fourth-order valence-electron chi connectivity index (χ4n) is 3.84. The number of piperazine rings is 1. The number of rotatable bonds is 4. The highest BCUT2D eigenvalue weighted by atomic mass is 16.2. The third-order valence-corrected chi connectivity index (χ3v) is 5.53. The van der Waals surface area contributed by atoms with Gasteiger partial charge in [0.15, 0.2) is 0 Å². The Balaban J connectivity index is 1.31. The summed E-state index contributed by atoms with van der Waals surface area (Å²) < 4.78 is 0. The van der Waals surface area contributed by atoms with Crippen LogP contribution in [0.4, 0.5) is 0 Å². The summed E-state index contributed by atoms with van der Waals surface area (Å²) in [6, 6.07) is 10.8. The maximum atomic E-state index is 13.0. The van der Waals surface area contributed by atoms with E-state index in [1.807, 2.05) is 18.2 Å². The van der Waals surface area contributed by atoms with Crippen LogP contribution in [0.2, 0.25) is 0 Å².